The van der Waals surface area contributed by atoms with Crippen LogP contribution in [0.5, 0.6) is 0 Å². The average molecular weight is 287 g/mol. The topological polar surface area (TPSA) is 55.6 Å². The van der Waals surface area contributed by atoms with Gasteiger partial charge < -0.3 is 9.88 Å². The minimum absolute atomic E-state index is 0.185. The fourth-order valence-electron chi connectivity index (χ4n) is 2.43. The predicted molar refractivity (Wildman–Crippen MR) is 84.0 cm³/mol. The predicted octanol–water partition coefficient (Wildman–Crippen LogP) is 2.67. The number of hydrogen-bond donors (Lipinski definition) is 1. The minimum Gasteiger partial charge on any atom is -0.335 e. The van der Waals surface area contributed by atoms with Crippen LogP contribution in [0.3, 0.4) is 0 Å². The maximum atomic E-state index is 4.57. The summed E-state index contributed by atoms with van der Waals surface area (Å²) in [5, 5.41) is 3.58. The van der Waals surface area contributed by atoms with Crippen molar-refractivity contribution < 1.29 is 0 Å². The van der Waals surface area contributed by atoms with Crippen molar-refractivity contribution in [1.29, 1.82) is 0 Å². The molecule has 5 nitrogen and oxygen atoms in total. The monoisotopic (exact) mass is 287 g/mol. The molecule has 114 valence electrons. The van der Waals surface area contributed by atoms with E-state index in [1.165, 1.54) is 0 Å². The molecule has 0 aliphatic heterocycles. The number of rotatable bonds is 8. The summed E-state index contributed by atoms with van der Waals surface area (Å²) in [6, 6.07) is 2.18. The van der Waals surface area contributed by atoms with E-state index in [1.54, 1.807) is 0 Å². The van der Waals surface area contributed by atoms with E-state index < -0.39 is 0 Å². The summed E-state index contributed by atoms with van der Waals surface area (Å²) in [4.78, 5) is 13.3. The first-order valence-corrected chi connectivity index (χ1v) is 7.77. The number of imidazole rings is 1. The third-order valence-corrected chi connectivity index (χ3v) is 3.45. The zero-order chi connectivity index (χ0) is 15.1. The van der Waals surface area contributed by atoms with E-state index in [0.717, 1.165) is 49.7 Å². The fraction of sp³-hybridized carbons (Fsp3) is 0.562. The van der Waals surface area contributed by atoms with Gasteiger partial charge in [0.05, 0.1) is 11.7 Å². The van der Waals surface area contributed by atoms with Crippen molar-refractivity contribution >= 4 is 0 Å². The molecule has 2 rings (SSSR count). The van der Waals surface area contributed by atoms with Crippen LogP contribution in [0.15, 0.2) is 24.7 Å². The molecule has 0 bridgehead atoms. The molecule has 2 aromatic rings. The van der Waals surface area contributed by atoms with Crippen LogP contribution in [0, 0.1) is 6.92 Å². The smallest absolute Gasteiger partial charge is 0.125 e. The molecule has 0 spiro atoms. The molecule has 0 fully saturated rings. The maximum absolute atomic E-state index is 4.57. The van der Waals surface area contributed by atoms with Gasteiger partial charge in [-0.3, -0.25) is 0 Å². The minimum atomic E-state index is 0.185. The molecule has 2 heterocycles. The molecule has 0 aliphatic rings. The summed E-state index contributed by atoms with van der Waals surface area (Å²) in [5.74, 6) is 1.93. The highest BCUT2D eigenvalue weighted by Gasteiger charge is 2.16. The van der Waals surface area contributed by atoms with Crippen molar-refractivity contribution in [1.82, 2.24) is 24.8 Å². The molecule has 0 aliphatic carbocycles. The van der Waals surface area contributed by atoms with E-state index in [0.29, 0.717) is 0 Å². The van der Waals surface area contributed by atoms with E-state index >= 15 is 0 Å². The van der Waals surface area contributed by atoms with E-state index in [2.05, 4.69) is 44.9 Å². The van der Waals surface area contributed by atoms with E-state index in [-0.39, 0.29) is 6.04 Å². The van der Waals surface area contributed by atoms with Gasteiger partial charge in [-0.15, -0.1) is 0 Å². The van der Waals surface area contributed by atoms with Crippen molar-refractivity contribution in [2.45, 2.75) is 52.6 Å². The molecule has 21 heavy (non-hydrogen) atoms. The van der Waals surface area contributed by atoms with Gasteiger partial charge in [0.2, 0.25) is 0 Å². The van der Waals surface area contributed by atoms with Crippen LogP contribution in [-0.4, -0.2) is 26.1 Å². The number of nitrogens with zero attached hydrogens (tertiary/aromatic N) is 4. The largest absolute Gasteiger partial charge is 0.335 e. The molecule has 0 amide bonds. The molecule has 0 radical (unpaired) electrons. The normalized spacial score (nSPS) is 12.5. The number of nitrogens with one attached hydrogen (secondary N) is 1. The lowest BCUT2D eigenvalue weighted by molar-refractivity contribution is 0.491. The summed E-state index contributed by atoms with van der Waals surface area (Å²) in [5.41, 5.74) is 1.04. The van der Waals surface area contributed by atoms with Crippen LogP contribution in [0.4, 0.5) is 0 Å². The lowest BCUT2D eigenvalue weighted by Gasteiger charge is -2.18. The van der Waals surface area contributed by atoms with Crippen molar-refractivity contribution in [3.63, 3.8) is 0 Å². The summed E-state index contributed by atoms with van der Waals surface area (Å²) in [7, 11) is 0. The Morgan fingerprint density at radius 2 is 2.05 bits per heavy atom. The third-order valence-electron chi connectivity index (χ3n) is 3.45. The first-order chi connectivity index (χ1) is 10.2. The van der Waals surface area contributed by atoms with Crippen LogP contribution in [-0.2, 0) is 13.0 Å². The molecule has 2 aromatic heterocycles. The van der Waals surface area contributed by atoms with Gasteiger partial charge in [-0.25, -0.2) is 15.0 Å². The van der Waals surface area contributed by atoms with Crippen molar-refractivity contribution in [3.05, 3.63) is 42.0 Å². The van der Waals surface area contributed by atoms with Crippen LogP contribution < -0.4 is 5.32 Å². The molecule has 1 unspecified atom stereocenters. The molecular formula is C16H25N5. The van der Waals surface area contributed by atoms with Gasteiger partial charge in [0.1, 0.15) is 11.6 Å². The Kier molecular flexibility index (Phi) is 5.87. The Morgan fingerprint density at radius 1 is 1.19 bits per heavy atom. The average Bonchev–Trinajstić information content (AvgIpc) is 2.91. The summed E-state index contributed by atoms with van der Waals surface area (Å²) < 4.78 is 2.23. The highest BCUT2D eigenvalue weighted by Crippen LogP contribution is 2.16. The second kappa shape index (κ2) is 7.88. The second-order valence-corrected chi connectivity index (χ2v) is 5.28. The first-order valence-electron chi connectivity index (χ1n) is 7.77. The molecular weight excluding hydrogens is 262 g/mol. The van der Waals surface area contributed by atoms with Crippen molar-refractivity contribution in [2.75, 3.05) is 6.54 Å². The summed E-state index contributed by atoms with van der Waals surface area (Å²) in [6.45, 7) is 8.27. The van der Waals surface area contributed by atoms with E-state index in [4.69, 9.17) is 0 Å². The number of hydrogen-bond acceptors (Lipinski definition) is 4. The number of aromatic nitrogens is 4. The Labute approximate surface area is 126 Å². The zero-order valence-corrected chi connectivity index (χ0v) is 13.2. The van der Waals surface area contributed by atoms with Gasteiger partial charge in [0.15, 0.2) is 0 Å². The Hall–Kier alpha value is -1.75. The van der Waals surface area contributed by atoms with Gasteiger partial charge in [-0.1, -0.05) is 13.8 Å². The van der Waals surface area contributed by atoms with Crippen LogP contribution in [0.25, 0.3) is 0 Å². The second-order valence-electron chi connectivity index (χ2n) is 5.28. The van der Waals surface area contributed by atoms with Gasteiger partial charge in [-0.2, -0.15) is 0 Å². The lowest BCUT2D eigenvalue weighted by atomic mass is 10.1. The first kappa shape index (κ1) is 15.6. The highest BCUT2D eigenvalue weighted by atomic mass is 15.1. The van der Waals surface area contributed by atoms with Gasteiger partial charge in [0.25, 0.3) is 0 Å². The molecule has 0 saturated heterocycles. The van der Waals surface area contributed by atoms with Gasteiger partial charge >= 0.3 is 0 Å². The van der Waals surface area contributed by atoms with Gasteiger partial charge in [0, 0.05) is 31.6 Å². The Morgan fingerprint density at radius 3 is 2.76 bits per heavy atom. The zero-order valence-electron chi connectivity index (χ0n) is 13.2. The SMILES string of the molecule is CCCNC(Cc1nccn1CCC)c1ccnc(C)n1. The molecule has 0 aromatic carbocycles. The molecule has 0 saturated carbocycles. The fourth-order valence-corrected chi connectivity index (χ4v) is 2.43. The molecule has 1 atom stereocenters. The standard InChI is InChI=1S/C16H25N5/c1-4-7-18-15(14-6-8-17-13(3)20-14)12-16-19-9-11-21(16)10-5-2/h6,8-9,11,15,18H,4-5,7,10,12H2,1-3H3. The van der Waals surface area contributed by atoms with Crippen LogP contribution in [0.2, 0.25) is 0 Å². The summed E-state index contributed by atoms with van der Waals surface area (Å²) >= 11 is 0. The van der Waals surface area contributed by atoms with Crippen molar-refractivity contribution in [2.24, 2.45) is 0 Å². The third kappa shape index (κ3) is 4.36. The molecule has 5 heteroatoms. The Balaban J connectivity index is 2.17. The van der Waals surface area contributed by atoms with E-state index in [9.17, 15) is 0 Å². The maximum Gasteiger partial charge on any atom is 0.125 e. The molecule has 1 N–H and O–H groups in total. The Bertz CT molecular complexity index is 549. The quantitative estimate of drug-likeness (QED) is 0.811. The lowest BCUT2D eigenvalue weighted by Crippen LogP contribution is -2.26. The van der Waals surface area contributed by atoms with Crippen LogP contribution in [0.1, 0.15) is 50.1 Å². The van der Waals surface area contributed by atoms with Gasteiger partial charge in [-0.05, 0) is 32.4 Å². The highest BCUT2D eigenvalue weighted by molar-refractivity contribution is 5.10. The van der Waals surface area contributed by atoms with E-state index in [1.807, 2.05) is 25.4 Å². The summed E-state index contributed by atoms with van der Waals surface area (Å²) in [6.07, 6.45) is 8.83. The van der Waals surface area contributed by atoms with Crippen LogP contribution >= 0.6 is 0 Å². The number of aryl methyl sites for hydroxylation is 2. The van der Waals surface area contributed by atoms with Crippen molar-refractivity contribution in [3.8, 4) is 0 Å².